The third kappa shape index (κ3) is 5.00. The normalized spacial score (nSPS) is 10.0. The molecule has 5 nitrogen and oxygen atoms in total. The summed E-state index contributed by atoms with van der Waals surface area (Å²) < 4.78 is 10.6. The molecule has 2 aromatic rings. The van der Waals surface area contributed by atoms with Crippen molar-refractivity contribution in [2.75, 3.05) is 19.5 Å². The van der Waals surface area contributed by atoms with E-state index < -0.39 is 5.97 Å². The van der Waals surface area contributed by atoms with Gasteiger partial charge < -0.3 is 15.2 Å². The number of carbonyl (C=O) groups is 1. The molecule has 1 aromatic heterocycles. The summed E-state index contributed by atoms with van der Waals surface area (Å²) in [6.07, 6.45) is 1.69. The van der Waals surface area contributed by atoms with E-state index in [1.165, 1.54) is 0 Å². The number of carbonyl (C=O) groups excluding carboxylic acids is 1. The van der Waals surface area contributed by atoms with Crippen LogP contribution in [0, 0.1) is 13.8 Å². The molecule has 27 heavy (non-hydrogen) atoms. The number of pyridine rings is 1. The van der Waals surface area contributed by atoms with Gasteiger partial charge in [0.2, 0.25) is 0 Å². The lowest BCUT2D eigenvalue weighted by atomic mass is 9.92. The van der Waals surface area contributed by atoms with Crippen molar-refractivity contribution in [3.8, 4) is 16.9 Å². The highest BCUT2D eigenvalue weighted by Crippen LogP contribution is 2.37. The Morgan fingerprint density at radius 3 is 2.41 bits per heavy atom. The Labute approximate surface area is 162 Å². The third-order valence-electron chi connectivity index (χ3n) is 4.20. The summed E-state index contributed by atoms with van der Waals surface area (Å²) in [6, 6.07) is 5.89. The molecule has 2 rings (SSSR count). The highest BCUT2D eigenvalue weighted by molar-refractivity contribution is 5.98. The standard InChI is InChI=1S/C20H26N2O3.C2H6/c1-6-8-14-11-15(18(21)19(22-14)20(23)25-7-2)17-12(3)9-10-16(24-5)13(17)4;1-2/h9-11H,6-8,21H2,1-5H3;1-2H3. The molecular weight excluding hydrogens is 340 g/mol. The van der Waals surface area contributed by atoms with Crippen LogP contribution in [0.3, 0.4) is 0 Å². The summed E-state index contributed by atoms with van der Waals surface area (Å²) in [5.41, 5.74) is 11.5. The number of esters is 1. The zero-order valence-corrected chi connectivity index (χ0v) is 17.6. The van der Waals surface area contributed by atoms with Crippen LogP contribution in [-0.4, -0.2) is 24.7 Å². The van der Waals surface area contributed by atoms with Crippen molar-refractivity contribution in [1.29, 1.82) is 0 Å². The van der Waals surface area contributed by atoms with E-state index in [9.17, 15) is 4.79 Å². The molecule has 0 fully saturated rings. The fraction of sp³-hybridized carbons (Fsp3) is 0.455. The van der Waals surface area contributed by atoms with Gasteiger partial charge in [0.1, 0.15) is 5.75 Å². The van der Waals surface area contributed by atoms with Crippen LogP contribution in [0.4, 0.5) is 5.69 Å². The van der Waals surface area contributed by atoms with Crippen LogP contribution in [0.15, 0.2) is 18.2 Å². The van der Waals surface area contributed by atoms with Crippen LogP contribution in [0.1, 0.15) is 61.4 Å². The van der Waals surface area contributed by atoms with E-state index in [0.29, 0.717) is 5.69 Å². The molecule has 0 amide bonds. The van der Waals surface area contributed by atoms with Gasteiger partial charge in [0.05, 0.1) is 19.4 Å². The second-order valence-corrected chi connectivity index (χ2v) is 5.98. The van der Waals surface area contributed by atoms with Crippen molar-refractivity contribution >= 4 is 11.7 Å². The van der Waals surface area contributed by atoms with E-state index in [1.807, 2.05) is 45.9 Å². The van der Waals surface area contributed by atoms with Gasteiger partial charge in [0.15, 0.2) is 5.69 Å². The van der Waals surface area contributed by atoms with Crippen LogP contribution in [-0.2, 0) is 11.2 Å². The monoisotopic (exact) mass is 372 g/mol. The molecule has 0 saturated heterocycles. The SMILES string of the molecule is CC.CCCc1cc(-c2c(C)ccc(OC)c2C)c(N)c(C(=O)OCC)n1. The van der Waals surface area contributed by atoms with Gasteiger partial charge in [-0.15, -0.1) is 0 Å². The van der Waals surface area contributed by atoms with E-state index in [-0.39, 0.29) is 12.3 Å². The van der Waals surface area contributed by atoms with Gasteiger partial charge in [-0.1, -0.05) is 33.3 Å². The number of ether oxygens (including phenoxy) is 2. The van der Waals surface area contributed by atoms with Crippen molar-refractivity contribution in [3.63, 3.8) is 0 Å². The lowest BCUT2D eigenvalue weighted by Gasteiger charge is -2.18. The molecule has 0 atom stereocenters. The summed E-state index contributed by atoms with van der Waals surface area (Å²) >= 11 is 0. The van der Waals surface area contributed by atoms with Crippen LogP contribution >= 0.6 is 0 Å². The van der Waals surface area contributed by atoms with E-state index in [1.54, 1.807) is 14.0 Å². The summed E-state index contributed by atoms with van der Waals surface area (Å²) in [5, 5.41) is 0. The largest absolute Gasteiger partial charge is 0.496 e. The van der Waals surface area contributed by atoms with Crippen molar-refractivity contribution in [1.82, 2.24) is 4.98 Å². The van der Waals surface area contributed by atoms with Crippen molar-refractivity contribution < 1.29 is 14.3 Å². The van der Waals surface area contributed by atoms with E-state index in [0.717, 1.165) is 46.5 Å². The minimum absolute atomic E-state index is 0.185. The van der Waals surface area contributed by atoms with Crippen LogP contribution in [0.25, 0.3) is 11.1 Å². The Balaban J connectivity index is 0.00000176. The second-order valence-electron chi connectivity index (χ2n) is 5.98. The third-order valence-corrected chi connectivity index (χ3v) is 4.20. The molecule has 2 N–H and O–H groups in total. The van der Waals surface area contributed by atoms with Gasteiger partial charge in [0.25, 0.3) is 0 Å². The first-order valence-electron chi connectivity index (χ1n) is 9.55. The summed E-state index contributed by atoms with van der Waals surface area (Å²) in [7, 11) is 1.64. The fourth-order valence-corrected chi connectivity index (χ4v) is 3.02. The smallest absolute Gasteiger partial charge is 0.359 e. The zero-order valence-electron chi connectivity index (χ0n) is 17.6. The van der Waals surface area contributed by atoms with Gasteiger partial charge in [0, 0.05) is 11.3 Å². The van der Waals surface area contributed by atoms with Crippen molar-refractivity contribution in [3.05, 3.63) is 40.7 Å². The number of methoxy groups -OCH3 is 1. The number of benzene rings is 1. The van der Waals surface area contributed by atoms with Crippen LogP contribution < -0.4 is 10.5 Å². The topological polar surface area (TPSA) is 74.4 Å². The Morgan fingerprint density at radius 2 is 1.85 bits per heavy atom. The second kappa shape index (κ2) is 10.6. The van der Waals surface area contributed by atoms with Gasteiger partial charge >= 0.3 is 5.97 Å². The van der Waals surface area contributed by atoms with Crippen molar-refractivity contribution in [2.24, 2.45) is 0 Å². The first kappa shape index (κ1) is 22.5. The quantitative estimate of drug-likeness (QED) is 0.713. The van der Waals surface area contributed by atoms with Crippen LogP contribution in [0.5, 0.6) is 5.75 Å². The van der Waals surface area contributed by atoms with E-state index in [2.05, 4.69) is 11.9 Å². The zero-order chi connectivity index (χ0) is 20.6. The van der Waals surface area contributed by atoms with Crippen LogP contribution in [0.2, 0.25) is 0 Å². The molecule has 0 aliphatic heterocycles. The predicted octanol–water partition coefficient (Wildman–Crippen LogP) is 5.11. The summed E-state index contributed by atoms with van der Waals surface area (Å²) in [6.45, 7) is 12.1. The number of rotatable bonds is 6. The molecule has 0 radical (unpaired) electrons. The number of aryl methyl sites for hydroxylation is 2. The Hall–Kier alpha value is -2.56. The molecule has 0 spiro atoms. The molecule has 5 heteroatoms. The Morgan fingerprint density at radius 1 is 1.19 bits per heavy atom. The first-order valence-corrected chi connectivity index (χ1v) is 9.55. The molecule has 0 aliphatic rings. The molecule has 0 saturated carbocycles. The highest BCUT2D eigenvalue weighted by atomic mass is 16.5. The number of hydrogen-bond acceptors (Lipinski definition) is 5. The number of hydrogen-bond donors (Lipinski definition) is 1. The Bertz CT molecular complexity index is 786. The average molecular weight is 373 g/mol. The number of nitrogens with zero attached hydrogens (tertiary/aromatic N) is 1. The summed E-state index contributed by atoms with van der Waals surface area (Å²) in [5.74, 6) is 0.295. The Kier molecular flexibility index (Phi) is 8.79. The maximum absolute atomic E-state index is 12.3. The fourth-order valence-electron chi connectivity index (χ4n) is 3.02. The molecular formula is C22H32N2O3. The number of nitrogen functional groups attached to an aromatic ring is 1. The molecule has 0 bridgehead atoms. The maximum atomic E-state index is 12.3. The maximum Gasteiger partial charge on any atom is 0.359 e. The summed E-state index contributed by atoms with van der Waals surface area (Å²) in [4.78, 5) is 16.7. The van der Waals surface area contributed by atoms with Gasteiger partial charge in [-0.3, -0.25) is 0 Å². The molecule has 148 valence electrons. The van der Waals surface area contributed by atoms with Gasteiger partial charge in [-0.2, -0.15) is 0 Å². The number of anilines is 1. The molecule has 1 heterocycles. The first-order chi connectivity index (χ1) is 12.9. The minimum atomic E-state index is -0.489. The lowest BCUT2D eigenvalue weighted by Crippen LogP contribution is -2.13. The number of nitrogens with two attached hydrogens (primary N) is 1. The number of aromatic nitrogens is 1. The van der Waals surface area contributed by atoms with Crippen molar-refractivity contribution in [2.45, 2.75) is 54.4 Å². The molecule has 0 unspecified atom stereocenters. The van der Waals surface area contributed by atoms with Gasteiger partial charge in [-0.05, 0) is 56.0 Å². The van der Waals surface area contributed by atoms with Gasteiger partial charge in [-0.25, -0.2) is 9.78 Å². The predicted molar refractivity (Wildman–Crippen MR) is 111 cm³/mol. The average Bonchev–Trinajstić information content (AvgIpc) is 2.66. The van der Waals surface area contributed by atoms with E-state index >= 15 is 0 Å². The lowest BCUT2D eigenvalue weighted by molar-refractivity contribution is 0.0520. The molecule has 1 aromatic carbocycles. The minimum Gasteiger partial charge on any atom is -0.496 e. The highest BCUT2D eigenvalue weighted by Gasteiger charge is 2.21. The van der Waals surface area contributed by atoms with E-state index in [4.69, 9.17) is 15.2 Å². The molecule has 0 aliphatic carbocycles.